The van der Waals surface area contributed by atoms with E-state index in [-0.39, 0.29) is 37.6 Å². The number of benzene rings is 4. The number of carboxylic acids is 1. The van der Waals surface area contributed by atoms with E-state index in [0.29, 0.717) is 19.5 Å². The maximum atomic E-state index is 13.6. The zero-order valence-corrected chi connectivity index (χ0v) is 41.2. The molecule has 0 fully saturated rings. The summed E-state index contributed by atoms with van der Waals surface area (Å²) in [6.07, 6.45) is 7.14. The van der Waals surface area contributed by atoms with Crippen molar-refractivity contribution >= 4 is 68.2 Å². The van der Waals surface area contributed by atoms with Crippen molar-refractivity contribution in [3.63, 3.8) is 0 Å². The van der Waals surface area contributed by atoms with Gasteiger partial charge in [-0.3, -0.25) is 24.0 Å². The van der Waals surface area contributed by atoms with Gasteiger partial charge in [0.25, 0.3) is 0 Å². The molecule has 5 N–H and O–H groups in total. The second-order valence-electron chi connectivity index (χ2n) is 17.1. The SMILES string of the molecule is CC.CC.CC.C[C@H](NC(=O)C1CCCNC(=O)CC[N+]2=C(C=CC=C3N(CCC(=O)N[C@@H](C)C(=O)N1)c1ccc4ccccc4c1C3(C)C)C(C)(C)c1c2ccc2ccccc12)C(=O)O. The highest BCUT2D eigenvalue weighted by Crippen LogP contribution is 2.51. The Balaban J connectivity index is 0.00000152. The van der Waals surface area contributed by atoms with Crippen molar-refractivity contribution in [2.75, 3.05) is 24.5 Å². The highest BCUT2D eigenvalue weighted by atomic mass is 16.4. The molecule has 0 aliphatic carbocycles. The quantitative estimate of drug-likeness (QED) is 0.128. The highest BCUT2D eigenvalue weighted by molar-refractivity contribution is 6.08. The number of carbonyl (C=O) groups excluding carboxylic acids is 4. The maximum absolute atomic E-state index is 13.6. The minimum absolute atomic E-state index is 0.0847. The van der Waals surface area contributed by atoms with Gasteiger partial charge in [-0.1, -0.05) is 116 Å². The highest BCUT2D eigenvalue weighted by Gasteiger charge is 2.46. The van der Waals surface area contributed by atoms with Gasteiger partial charge in [-0.15, -0.1) is 0 Å². The number of allylic oxidation sites excluding steroid dienone is 4. The van der Waals surface area contributed by atoms with Gasteiger partial charge in [0.1, 0.15) is 18.1 Å². The standard InChI is InChI=1S/C48H54N6O6.3C2H6/c1-29-44(57)52-35(45(58)51-30(2)46(59)60)17-12-26-49-40(55)24-27-53-36-22-20-31-13-7-9-15-33(31)42(36)47(3,4)38(53)18-11-19-39-48(5,6)43-34-16-10-8-14-32(34)21-23-37(43)54(39)28-25-41(56)50-29;3*1-2/h7-11,13-16,18-23,29-30,35H,12,17,24-28H2,1-6H3,(H4-,49,50,51,52,55,56,57,58,59,60);3*1-2H3/p+1/t29-,30-,35?;;;/m0.../s1. The van der Waals surface area contributed by atoms with E-state index in [4.69, 9.17) is 0 Å². The van der Waals surface area contributed by atoms with Crippen LogP contribution in [0.3, 0.4) is 0 Å². The van der Waals surface area contributed by atoms with Gasteiger partial charge in [0.2, 0.25) is 29.3 Å². The van der Waals surface area contributed by atoms with Crippen molar-refractivity contribution in [2.45, 2.75) is 138 Å². The summed E-state index contributed by atoms with van der Waals surface area (Å²) >= 11 is 0. The molecule has 12 nitrogen and oxygen atoms in total. The Morgan fingerprint density at radius 2 is 1.39 bits per heavy atom. The summed E-state index contributed by atoms with van der Waals surface area (Å²) in [6.45, 7) is 24.8. The third-order valence-electron chi connectivity index (χ3n) is 12.3. The number of amides is 4. The molecule has 1 unspecified atom stereocenters. The average Bonchev–Trinajstić information content (AvgIpc) is 3.68. The zero-order chi connectivity index (χ0) is 48.9. The number of hydrogen-bond donors (Lipinski definition) is 5. The Morgan fingerprint density at radius 3 is 2.03 bits per heavy atom. The lowest BCUT2D eigenvalue weighted by atomic mass is 9.79. The van der Waals surface area contributed by atoms with Gasteiger partial charge in [0, 0.05) is 54.0 Å². The van der Waals surface area contributed by atoms with Crippen molar-refractivity contribution in [2.24, 2.45) is 0 Å². The number of fused-ring (bicyclic) bond motifs is 9. The second-order valence-corrected chi connectivity index (χ2v) is 17.1. The van der Waals surface area contributed by atoms with Gasteiger partial charge in [-0.25, -0.2) is 0 Å². The number of aliphatic carboxylic acids is 1. The molecule has 3 atom stereocenters. The molecule has 0 bridgehead atoms. The molecule has 12 heteroatoms. The van der Waals surface area contributed by atoms with Gasteiger partial charge in [0.05, 0.1) is 11.8 Å². The van der Waals surface area contributed by atoms with E-state index in [1.807, 2.05) is 59.7 Å². The molecule has 354 valence electrons. The number of nitrogens with one attached hydrogen (secondary N) is 4. The van der Waals surface area contributed by atoms with Crippen LogP contribution in [0.5, 0.6) is 0 Å². The monoisotopic (exact) mass is 902 g/mol. The van der Waals surface area contributed by atoms with E-state index in [1.54, 1.807) is 6.92 Å². The van der Waals surface area contributed by atoms with Crippen molar-refractivity contribution in [1.29, 1.82) is 0 Å². The Morgan fingerprint density at radius 1 is 0.788 bits per heavy atom. The van der Waals surface area contributed by atoms with Crippen LogP contribution in [0, 0.1) is 0 Å². The summed E-state index contributed by atoms with van der Waals surface area (Å²) in [5.41, 5.74) is 5.64. The average molecular weight is 902 g/mol. The molecule has 3 aliphatic rings. The molecule has 0 saturated heterocycles. The van der Waals surface area contributed by atoms with Crippen LogP contribution in [0.25, 0.3) is 21.5 Å². The fourth-order valence-electron chi connectivity index (χ4n) is 9.15. The topological polar surface area (TPSA) is 160 Å². The number of carboxylic acid groups (broad SMARTS) is 1. The largest absolute Gasteiger partial charge is 0.480 e. The fraction of sp³-hybridized carbons (Fsp3) is 0.444. The lowest BCUT2D eigenvalue weighted by Gasteiger charge is -2.27. The molecule has 0 radical (unpaired) electrons. The van der Waals surface area contributed by atoms with Gasteiger partial charge in [0.15, 0.2) is 12.3 Å². The molecular formula is C54H73N6O6+. The lowest BCUT2D eigenvalue weighted by Crippen LogP contribution is -2.54. The Hall–Kier alpha value is -6.30. The second kappa shape index (κ2) is 23.2. The van der Waals surface area contributed by atoms with E-state index in [1.165, 1.54) is 18.1 Å². The third-order valence-corrected chi connectivity index (χ3v) is 12.3. The number of anilines is 1. The number of rotatable bonds is 3. The van der Waals surface area contributed by atoms with Gasteiger partial charge >= 0.3 is 5.97 Å². The van der Waals surface area contributed by atoms with Crippen LogP contribution in [0.4, 0.5) is 11.4 Å². The number of carbonyl (C=O) groups is 5. The van der Waals surface area contributed by atoms with Crippen molar-refractivity contribution in [1.82, 2.24) is 21.3 Å². The van der Waals surface area contributed by atoms with Crippen LogP contribution < -0.4 is 26.2 Å². The predicted molar refractivity (Wildman–Crippen MR) is 269 cm³/mol. The maximum Gasteiger partial charge on any atom is 0.325 e. The van der Waals surface area contributed by atoms with Crippen LogP contribution in [-0.2, 0) is 34.8 Å². The first-order valence-electron chi connectivity index (χ1n) is 23.8. The van der Waals surface area contributed by atoms with Gasteiger partial charge in [-0.05, 0) is 85.9 Å². The lowest BCUT2D eigenvalue weighted by molar-refractivity contribution is -0.436. The summed E-state index contributed by atoms with van der Waals surface area (Å²) in [5, 5.41) is 24.9. The summed E-state index contributed by atoms with van der Waals surface area (Å²) < 4.78 is 2.24. The van der Waals surface area contributed by atoms with E-state index >= 15 is 0 Å². The predicted octanol–water partition coefficient (Wildman–Crippen LogP) is 8.95. The molecule has 4 amide bonds. The smallest absolute Gasteiger partial charge is 0.325 e. The van der Waals surface area contributed by atoms with E-state index in [9.17, 15) is 29.1 Å². The summed E-state index contributed by atoms with van der Waals surface area (Å²) in [7, 11) is 0. The number of nitrogens with zero attached hydrogens (tertiary/aromatic N) is 2. The Labute approximate surface area is 392 Å². The summed E-state index contributed by atoms with van der Waals surface area (Å²) in [4.78, 5) is 67.4. The molecule has 4 aromatic carbocycles. The van der Waals surface area contributed by atoms with Crippen LogP contribution >= 0.6 is 0 Å². The van der Waals surface area contributed by atoms with Gasteiger partial charge in [-0.2, -0.15) is 4.58 Å². The van der Waals surface area contributed by atoms with Crippen molar-refractivity contribution in [3.05, 3.63) is 108 Å². The first kappa shape index (κ1) is 52.3. The molecule has 4 aromatic rings. The van der Waals surface area contributed by atoms with Crippen molar-refractivity contribution in [3.8, 4) is 0 Å². The van der Waals surface area contributed by atoms with Crippen LogP contribution in [-0.4, -0.2) is 82.8 Å². The van der Waals surface area contributed by atoms with Crippen LogP contribution in [0.2, 0.25) is 0 Å². The summed E-state index contributed by atoms with van der Waals surface area (Å²) in [6, 6.07) is 21.9. The zero-order valence-electron chi connectivity index (χ0n) is 41.2. The van der Waals surface area contributed by atoms with Crippen LogP contribution in [0.1, 0.15) is 120 Å². The molecule has 0 aromatic heterocycles. The van der Waals surface area contributed by atoms with E-state index < -0.39 is 46.7 Å². The molecule has 3 aliphatic heterocycles. The fourth-order valence-corrected chi connectivity index (χ4v) is 9.15. The minimum Gasteiger partial charge on any atom is -0.480 e. The molecular weight excluding hydrogens is 829 g/mol. The minimum atomic E-state index is -1.22. The first-order valence-corrected chi connectivity index (χ1v) is 23.8. The molecule has 7 rings (SSSR count). The Kier molecular flexibility index (Phi) is 18.4. The van der Waals surface area contributed by atoms with E-state index in [0.717, 1.165) is 44.3 Å². The van der Waals surface area contributed by atoms with Crippen LogP contribution in [0.15, 0.2) is 96.7 Å². The van der Waals surface area contributed by atoms with Gasteiger partial charge < -0.3 is 31.3 Å². The Bertz CT molecular complexity index is 2500. The molecule has 0 saturated carbocycles. The van der Waals surface area contributed by atoms with E-state index in [2.05, 4.69) is 131 Å². The number of hydrogen-bond acceptors (Lipinski definition) is 6. The summed E-state index contributed by atoms with van der Waals surface area (Å²) in [5.74, 6) is -2.98. The molecule has 0 spiro atoms. The van der Waals surface area contributed by atoms with Crippen molar-refractivity contribution < 1.29 is 33.7 Å². The normalized spacial score (nSPS) is 19.8. The molecule has 66 heavy (non-hydrogen) atoms. The first-order chi connectivity index (χ1) is 31.6. The molecule has 3 heterocycles. The third kappa shape index (κ3) is 11.2.